The molecule has 6 nitrogen and oxygen atoms in total. The Morgan fingerprint density at radius 2 is 0.848 bits per heavy atom. The molecule has 0 saturated heterocycles. The average Bonchev–Trinajstić information content (AvgIpc) is 2.74. The van der Waals surface area contributed by atoms with Crippen LogP contribution in [0.5, 0.6) is 0 Å². The summed E-state index contributed by atoms with van der Waals surface area (Å²) in [5, 5.41) is 0. The maximum Gasteiger partial charge on any atom is 2.00 e. The van der Waals surface area contributed by atoms with Gasteiger partial charge in [0.15, 0.2) is 0 Å². The van der Waals surface area contributed by atoms with Gasteiger partial charge in [0.25, 0.3) is 0 Å². The molecule has 0 spiro atoms. The summed E-state index contributed by atoms with van der Waals surface area (Å²) in [6, 6.07) is 12.4. The van der Waals surface area contributed by atoms with Crippen molar-refractivity contribution in [2.45, 2.75) is 87.8 Å². The third kappa shape index (κ3) is 14.7. The zero-order valence-electron chi connectivity index (χ0n) is 19.7. The molecule has 9 heteroatoms. The maximum atomic E-state index is 10.7. The van der Waals surface area contributed by atoms with Gasteiger partial charge in [0.1, 0.15) is 20.2 Å². The zero-order valence-corrected chi connectivity index (χ0v) is 25.7. The largest absolute Gasteiger partial charge is 2.00 e. The Labute approximate surface area is 240 Å². The smallest absolute Gasteiger partial charge is 0.744 e. The van der Waals surface area contributed by atoms with Gasteiger partial charge in [-0.2, -0.15) is 0 Å². The number of hydrogen-bond acceptors (Lipinski definition) is 6. The number of aryl methyl sites for hydroxylation is 2. The van der Waals surface area contributed by atoms with E-state index in [9.17, 15) is 25.9 Å². The van der Waals surface area contributed by atoms with Gasteiger partial charge >= 0.3 is 48.9 Å². The van der Waals surface area contributed by atoms with Crippen LogP contribution in [0.1, 0.15) is 76.3 Å². The predicted molar refractivity (Wildman–Crippen MR) is 130 cm³/mol. The summed E-state index contributed by atoms with van der Waals surface area (Å²) in [6.07, 6.45) is 11.4. The molecule has 2 aromatic rings. The molecule has 2 aromatic carbocycles. The van der Waals surface area contributed by atoms with E-state index in [1.807, 2.05) is 0 Å². The molecular formula is C24H34BaO6S2. The molecule has 0 aliphatic heterocycles. The van der Waals surface area contributed by atoms with Crippen molar-refractivity contribution in [2.75, 3.05) is 0 Å². The monoisotopic (exact) mass is 620 g/mol. The van der Waals surface area contributed by atoms with Crippen LogP contribution in [0.3, 0.4) is 0 Å². The van der Waals surface area contributed by atoms with Crippen molar-refractivity contribution in [3.8, 4) is 0 Å². The standard InChI is InChI=1S/2C12H18O3S.Ba/c2*1-2-3-4-5-6-11-7-9-12(10-8-11)16(13,14)15;/h2*7-10H,2-6H2,1H3,(H,13,14,15);/q;;+2/p-2. The summed E-state index contributed by atoms with van der Waals surface area (Å²) in [7, 11) is -8.60. The maximum absolute atomic E-state index is 10.7. The van der Waals surface area contributed by atoms with Gasteiger partial charge in [-0.1, -0.05) is 76.6 Å². The van der Waals surface area contributed by atoms with Crippen LogP contribution in [0.15, 0.2) is 58.3 Å². The minimum Gasteiger partial charge on any atom is -0.744 e. The van der Waals surface area contributed by atoms with Crippen LogP contribution in [0.4, 0.5) is 0 Å². The van der Waals surface area contributed by atoms with Gasteiger partial charge in [-0.15, -0.1) is 0 Å². The topological polar surface area (TPSA) is 114 Å². The number of rotatable bonds is 12. The van der Waals surface area contributed by atoms with Crippen LogP contribution < -0.4 is 0 Å². The second kappa shape index (κ2) is 17.3. The van der Waals surface area contributed by atoms with Crippen molar-refractivity contribution in [3.63, 3.8) is 0 Å². The molecule has 0 aromatic heterocycles. The van der Waals surface area contributed by atoms with Crippen molar-refractivity contribution >= 4 is 69.1 Å². The molecule has 0 radical (unpaired) electrons. The summed E-state index contributed by atoms with van der Waals surface area (Å²) in [5.74, 6) is 0. The van der Waals surface area contributed by atoms with Gasteiger partial charge in [-0.05, 0) is 61.1 Å². The molecular weight excluding hydrogens is 586 g/mol. The minimum absolute atomic E-state index is 0. The summed E-state index contributed by atoms with van der Waals surface area (Å²) in [6.45, 7) is 4.32. The fraction of sp³-hybridized carbons (Fsp3) is 0.500. The van der Waals surface area contributed by atoms with E-state index in [-0.39, 0.29) is 58.7 Å². The molecule has 180 valence electrons. The van der Waals surface area contributed by atoms with E-state index in [1.54, 1.807) is 24.3 Å². The molecule has 0 saturated carbocycles. The van der Waals surface area contributed by atoms with Crippen LogP contribution in [0.2, 0.25) is 0 Å². The second-order valence-electron chi connectivity index (χ2n) is 7.82. The Bertz CT molecular complexity index is 903. The SMILES string of the molecule is CCCCCCc1ccc(S(=O)(=O)[O-])cc1.CCCCCCc1ccc(S(=O)(=O)[O-])cc1.[Ba+2]. The molecule has 0 unspecified atom stereocenters. The van der Waals surface area contributed by atoms with Crippen LogP contribution in [0, 0.1) is 0 Å². The van der Waals surface area contributed by atoms with E-state index in [2.05, 4.69) is 13.8 Å². The predicted octanol–water partition coefficient (Wildman–Crippen LogP) is 5.05. The third-order valence-corrected chi connectivity index (χ3v) is 6.76. The quantitative estimate of drug-likeness (QED) is 0.187. The Morgan fingerprint density at radius 1 is 0.545 bits per heavy atom. The van der Waals surface area contributed by atoms with Crippen molar-refractivity contribution in [1.29, 1.82) is 0 Å². The Hall–Kier alpha value is -0.169. The first kappa shape index (κ1) is 32.8. The number of unbranched alkanes of at least 4 members (excludes halogenated alkanes) is 6. The van der Waals surface area contributed by atoms with E-state index >= 15 is 0 Å². The first-order chi connectivity index (χ1) is 15.1. The molecule has 0 aliphatic rings. The van der Waals surface area contributed by atoms with E-state index in [4.69, 9.17) is 0 Å². The molecule has 0 N–H and O–H groups in total. The van der Waals surface area contributed by atoms with E-state index < -0.39 is 20.2 Å². The van der Waals surface area contributed by atoms with Crippen LogP contribution in [-0.2, 0) is 33.1 Å². The Kier molecular flexibility index (Phi) is 17.2. The summed E-state index contributed by atoms with van der Waals surface area (Å²) in [5.41, 5.74) is 2.17. The number of hydrogen-bond donors (Lipinski definition) is 0. The molecule has 0 aliphatic carbocycles. The van der Waals surface area contributed by atoms with E-state index in [1.165, 1.54) is 62.8 Å². The van der Waals surface area contributed by atoms with Crippen LogP contribution in [0.25, 0.3) is 0 Å². The van der Waals surface area contributed by atoms with Gasteiger partial charge in [0.05, 0.1) is 9.79 Å². The first-order valence-electron chi connectivity index (χ1n) is 11.2. The Morgan fingerprint density at radius 3 is 1.09 bits per heavy atom. The average molecular weight is 620 g/mol. The fourth-order valence-electron chi connectivity index (χ4n) is 3.16. The first-order valence-corrected chi connectivity index (χ1v) is 14.0. The van der Waals surface area contributed by atoms with Gasteiger partial charge in [0, 0.05) is 0 Å². The fourth-order valence-corrected chi connectivity index (χ4v) is 4.10. The van der Waals surface area contributed by atoms with Crippen LogP contribution >= 0.6 is 0 Å². The molecule has 0 atom stereocenters. The van der Waals surface area contributed by atoms with E-state index in [0.29, 0.717) is 0 Å². The van der Waals surface area contributed by atoms with Gasteiger partial charge in [0.2, 0.25) is 0 Å². The summed E-state index contributed by atoms with van der Waals surface area (Å²) < 4.78 is 64.1. The van der Waals surface area contributed by atoms with Crippen molar-refractivity contribution in [1.82, 2.24) is 0 Å². The van der Waals surface area contributed by atoms with E-state index in [0.717, 1.165) is 36.8 Å². The normalized spacial score (nSPS) is 11.3. The van der Waals surface area contributed by atoms with Gasteiger partial charge in [-0.3, -0.25) is 0 Å². The zero-order chi connectivity index (χ0) is 24.0. The van der Waals surface area contributed by atoms with Crippen molar-refractivity contribution < 1.29 is 25.9 Å². The van der Waals surface area contributed by atoms with Crippen LogP contribution in [-0.4, -0.2) is 74.8 Å². The van der Waals surface area contributed by atoms with Crippen molar-refractivity contribution in [2.24, 2.45) is 0 Å². The Balaban J connectivity index is 0.000000602. The number of benzene rings is 2. The molecule has 0 fully saturated rings. The molecule has 0 amide bonds. The minimum atomic E-state index is -4.30. The van der Waals surface area contributed by atoms with Gasteiger partial charge in [-0.25, -0.2) is 16.8 Å². The molecule has 2 rings (SSSR count). The summed E-state index contributed by atoms with van der Waals surface area (Å²) in [4.78, 5) is -0.297. The molecule has 0 bridgehead atoms. The summed E-state index contributed by atoms with van der Waals surface area (Å²) >= 11 is 0. The van der Waals surface area contributed by atoms with Crippen molar-refractivity contribution in [3.05, 3.63) is 59.7 Å². The van der Waals surface area contributed by atoms with Gasteiger partial charge < -0.3 is 9.11 Å². The molecule has 33 heavy (non-hydrogen) atoms. The third-order valence-electron chi connectivity index (χ3n) is 5.06. The second-order valence-corrected chi connectivity index (χ2v) is 10.6. The molecule has 0 heterocycles.